The molecule has 2 aromatic rings. The first kappa shape index (κ1) is 15.3. The Balaban J connectivity index is 1.85. The predicted octanol–water partition coefficient (Wildman–Crippen LogP) is 2.49. The van der Waals surface area contributed by atoms with Crippen LogP contribution in [0.2, 0.25) is 0 Å². The number of aliphatic hydroxyl groups is 1. The van der Waals surface area contributed by atoms with Crippen LogP contribution in [0.25, 0.3) is 0 Å². The van der Waals surface area contributed by atoms with E-state index in [1.54, 1.807) is 4.57 Å². The van der Waals surface area contributed by atoms with Gasteiger partial charge in [-0.25, -0.2) is 0 Å². The Labute approximate surface area is 125 Å². The molecular formula is C17H22N2O2. The van der Waals surface area contributed by atoms with E-state index in [2.05, 4.69) is 5.32 Å². The van der Waals surface area contributed by atoms with E-state index >= 15 is 0 Å². The summed E-state index contributed by atoms with van der Waals surface area (Å²) >= 11 is 0. The number of carbonyl (C=O) groups is 1. The van der Waals surface area contributed by atoms with Gasteiger partial charge in [0.15, 0.2) is 0 Å². The fourth-order valence-electron chi connectivity index (χ4n) is 2.14. The van der Waals surface area contributed by atoms with Crippen molar-refractivity contribution in [2.75, 3.05) is 0 Å². The molecule has 1 atom stereocenters. The van der Waals surface area contributed by atoms with Crippen molar-refractivity contribution in [1.82, 2.24) is 9.88 Å². The smallest absolute Gasteiger partial charge is 0.240 e. The lowest BCUT2D eigenvalue weighted by atomic mass is 10.0. The van der Waals surface area contributed by atoms with Gasteiger partial charge in [-0.1, -0.05) is 44.2 Å². The molecule has 2 N–H and O–H groups in total. The molecule has 1 unspecified atom stereocenters. The van der Waals surface area contributed by atoms with E-state index in [9.17, 15) is 9.90 Å². The minimum atomic E-state index is -0.487. The van der Waals surface area contributed by atoms with Crippen molar-refractivity contribution in [3.8, 4) is 0 Å². The Hall–Kier alpha value is -2.07. The molecule has 2 rings (SSSR count). The van der Waals surface area contributed by atoms with Crippen LogP contribution in [0.4, 0.5) is 0 Å². The fraction of sp³-hybridized carbons (Fsp3) is 0.353. The zero-order valence-electron chi connectivity index (χ0n) is 12.5. The highest BCUT2D eigenvalue weighted by Crippen LogP contribution is 2.21. The van der Waals surface area contributed by atoms with Crippen molar-refractivity contribution >= 4 is 5.91 Å². The van der Waals surface area contributed by atoms with Gasteiger partial charge in [-0.15, -0.1) is 0 Å². The van der Waals surface area contributed by atoms with Crippen LogP contribution in [0.5, 0.6) is 0 Å². The molecule has 21 heavy (non-hydrogen) atoms. The van der Waals surface area contributed by atoms with Crippen molar-refractivity contribution < 1.29 is 9.90 Å². The number of aromatic nitrogens is 1. The van der Waals surface area contributed by atoms with Gasteiger partial charge in [-0.2, -0.15) is 0 Å². The maximum absolute atomic E-state index is 11.9. The van der Waals surface area contributed by atoms with Gasteiger partial charge in [-0.3, -0.25) is 4.79 Å². The number of nitrogens with one attached hydrogen (secondary N) is 1. The summed E-state index contributed by atoms with van der Waals surface area (Å²) in [6, 6.07) is 11.7. The van der Waals surface area contributed by atoms with Gasteiger partial charge in [0.2, 0.25) is 5.91 Å². The van der Waals surface area contributed by atoms with Gasteiger partial charge in [0.25, 0.3) is 0 Å². The van der Waals surface area contributed by atoms with Gasteiger partial charge < -0.3 is 15.0 Å². The molecule has 4 nitrogen and oxygen atoms in total. The Bertz CT molecular complexity index is 575. The number of benzene rings is 1. The first-order valence-corrected chi connectivity index (χ1v) is 7.20. The summed E-state index contributed by atoms with van der Waals surface area (Å²) in [4.78, 5) is 11.9. The monoisotopic (exact) mass is 286 g/mol. The van der Waals surface area contributed by atoms with Crippen molar-refractivity contribution in [3.05, 3.63) is 59.9 Å². The molecule has 0 fully saturated rings. The van der Waals surface area contributed by atoms with Gasteiger partial charge in [0.1, 0.15) is 6.54 Å². The Morgan fingerprint density at radius 2 is 1.95 bits per heavy atom. The van der Waals surface area contributed by atoms with Crippen molar-refractivity contribution in [2.24, 2.45) is 5.92 Å². The van der Waals surface area contributed by atoms with Crippen LogP contribution < -0.4 is 5.32 Å². The fourth-order valence-corrected chi connectivity index (χ4v) is 2.14. The van der Waals surface area contributed by atoms with Crippen molar-refractivity contribution in [1.29, 1.82) is 0 Å². The minimum Gasteiger partial charge on any atom is -0.388 e. The summed E-state index contributed by atoms with van der Waals surface area (Å²) in [7, 11) is 0. The summed E-state index contributed by atoms with van der Waals surface area (Å²) in [6.45, 7) is 4.73. The number of rotatable bonds is 6. The van der Waals surface area contributed by atoms with E-state index < -0.39 is 6.10 Å². The molecule has 0 bridgehead atoms. The first-order valence-electron chi connectivity index (χ1n) is 7.20. The highest BCUT2D eigenvalue weighted by atomic mass is 16.3. The third kappa shape index (κ3) is 4.46. The maximum atomic E-state index is 11.9. The third-order valence-electron chi connectivity index (χ3n) is 3.41. The lowest BCUT2D eigenvalue weighted by molar-refractivity contribution is -0.121. The van der Waals surface area contributed by atoms with Crippen LogP contribution in [0.15, 0.2) is 48.8 Å². The lowest BCUT2D eigenvalue weighted by Crippen LogP contribution is -2.26. The molecule has 1 aromatic heterocycles. The number of aliphatic hydroxyl groups excluding tert-OH is 1. The Kier molecular flexibility index (Phi) is 5.17. The number of amides is 1. The molecular weight excluding hydrogens is 264 g/mol. The van der Waals surface area contributed by atoms with Gasteiger partial charge in [-0.05, 0) is 23.1 Å². The van der Waals surface area contributed by atoms with Crippen molar-refractivity contribution in [3.63, 3.8) is 0 Å². The molecule has 1 heterocycles. The Morgan fingerprint density at radius 1 is 1.24 bits per heavy atom. The molecule has 4 heteroatoms. The zero-order valence-corrected chi connectivity index (χ0v) is 12.5. The summed E-state index contributed by atoms with van der Waals surface area (Å²) in [6.07, 6.45) is 3.16. The minimum absolute atomic E-state index is 0.0416. The molecule has 0 aliphatic rings. The number of hydrogen-bond acceptors (Lipinski definition) is 2. The van der Waals surface area contributed by atoms with Crippen LogP contribution >= 0.6 is 0 Å². The molecule has 0 radical (unpaired) electrons. The second kappa shape index (κ2) is 7.09. The first-order chi connectivity index (χ1) is 10.1. The predicted molar refractivity (Wildman–Crippen MR) is 82.5 cm³/mol. The van der Waals surface area contributed by atoms with Crippen molar-refractivity contribution in [2.45, 2.75) is 33.0 Å². The van der Waals surface area contributed by atoms with Crippen LogP contribution in [-0.4, -0.2) is 15.6 Å². The summed E-state index contributed by atoms with van der Waals surface area (Å²) in [5.74, 6) is 0.118. The molecule has 0 saturated carbocycles. The lowest BCUT2D eigenvalue weighted by Gasteiger charge is -2.12. The van der Waals surface area contributed by atoms with Crippen LogP contribution in [-0.2, 0) is 17.9 Å². The molecule has 0 saturated heterocycles. The number of carbonyl (C=O) groups excluding carboxylic acids is 1. The SMILES string of the molecule is CC(C)C(O)c1ccn(CC(=O)NCc2ccccc2)c1. The van der Waals surface area contributed by atoms with E-state index in [1.807, 2.05) is 62.6 Å². The average Bonchev–Trinajstić information content (AvgIpc) is 2.93. The highest BCUT2D eigenvalue weighted by Gasteiger charge is 2.13. The summed E-state index contributed by atoms with van der Waals surface area (Å²) in [5, 5.41) is 12.9. The second-order valence-electron chi connectivity index (χ2n) is 5.57. The topological polar surface area (TPSA) is 54.3 Å². The van der Waals surface area contributed by atoms with Crippen LogP contribution in [0.3, 0.4) is 0 Å². The molecule has 1 amide bonds. The molecule has 0 aliphatic carbocycles. The van der Waals surface area contributed by atoms with E-state index in [-0.39, 0.29) is 18.4 Å². The van der Waals surface area contributed by atoms with Crippen LogP contribution in [0.1, 0.15) is 31.1 Å². The molecule has 0 spiro atoms. The summed E-state index contributed by atoms with van der Waals surface area (Å²) < 4.78 is 1.79. The van der Waals surface area contributed by atoms with E-state index in [1.165, 1.54) is 0 Å². The largest absolute Gasteiger partial charge is 0.388 e. The average molecular weight is 286 g/mol. The van der Waals surface area contributed by atoms with Gasteiger partial charge >= 0.3 is 0 Å². The quantitative estimate of drug-likeness (QED) is 0.857. The standard InChI is InChI=1S/C17H22N2O2/c1-13(2)17(21)15-8-9-19(11-15)12-16(20)18-10-14-6-4-3-5-7-14/h3-9,11,13,17,21H,10,12H2,1-2H3,(H,18,20). The summed E-state index contributed by atoms with van der Waals surface area (Å²) in [5.41, 5.74) is 1.93. The molecule has 112 valence electrons. The normalized spacial score (nSPS) is 12.4. The highest BCUT2D eigenvalue weighted by molar-refractivity contribution is 5.75. The van der Waals surface area contributed by atoms with Gasteiger partial charge in [0, 0.05) is 18.9 Å². The molecule has 0 aliphatic heterocycles. The van der Waals surface area contributed by atoms with E-state index in [4.69, 9.17) is 0 Å². The second-order valence-corrected chi connectivity index (χ2v) is 5.57. The number of nitrogens with zero attached hydrogens (tertiary/aromatic N) is 1. The third-order valence-corrected chi connectivity index (χ3v) is 3.41. The van der Waals surface area contributed by atoms with E-state index in [0.29, 0.717) is 6.54 Å². The maximum Gasteiger partial charge on any atom is 0.240 e. The van der Waals surface area contributed by atoms with Gasteiger partial charge in [0.05, 0.1) is 6.10 Å². The number of hydrogen-bond donors (Lipinski definition) is 2. The molecule has 1 aromatic carbocycles. The Morgan fingerprint density at radius 3 is 2.62 bits per heavy atom. The van der Waals surface area contributed by atoms with E-state index in [0.717, 1.165) is 11.1 Å². The van der Waals surface area contributed by atoms with Crippen LogP contribution in [0, 0.1) is 5.92 Å². The zero-order chi connectivity index (χ0) is 15.2.